The lowest BCUT2D eigenvalue weighted by Gasteiger charge is -2.11. The molecule has 0 radical (unpaired) electrons. The highest BCUT2D eigenvalue weighted by atomic mass is 32.1. The number of ether oxygens (including phenoxy) is 2. The molecule has 8 heteroatoms. The lowest BCUT2D eigenvalue weighted by molar-refractivity contribution is 0.277. The Balaban J connectivity index is 1.88. The van der Waals surface area contributed by atoms with E-state index >= 15 is 0 Å². The molecule has 136 valence electrons. The molecule has 2 aromatic heterocycles. The third-order valence-corrected chi connectivity index (χ3v) is 4.57. The fraction of sp³-hybridized carbons (Fsp3) is 0.278. The zero-order chi connectivity index (χ0) is 18.4. The van der Waals surface area contributed by atoms with Gasteiger partial charge in [-0.05, 0) is 60.8 Å². The Kier molecular flexibility index (Phi) is 6.19. The number of rotatable bonds is 8. The molecule has 3 rings (SSSR count). The number of H-pyrrole nitrogens is 1. The van der Waals surface area contributed by atoms with Gasteiger partial charge in [-0.25, -0.2) is 5.10 Å². The van der Waals surface area contributed by atoms with Gasteiger partial charge in [0.15, 0.2) is 17.3 Å². The maximum absolute atomic E-state index is 5.73. The maximum atomic E-state index is 5.73. The van der Waals surface area contributed by atoms with Gasteiger partial charge in [0, 0.05) is 0 Å². The summed E-state index contributed by atoms with van der Waals surface area (Å²) in [6.07, 6.45) is 2.67. The Morgan fingerprint density at radius 2 is 2.15 bits per heavy atom. The van der Waals surface area contributed by atoms with Gasteiger partial charge >= 0.3 is 0 Å². The van der Waals surface area contributed by atoms with Crippen LogP contribution in [-0.4, -0.2) is 34.3 Å². The molecule has 0 saturated heterocycles. The normalized spacial score (nSPS) is 11.2. The number of aromatic amines is 1. The standard InChI is InChI=1S/C18H20N4O2S2/c1-3-9-24-14-8-7-13(11-15(14)23-4-2)12-19-22-17(20-21-18(22)25)16-6-5-10-26-16/h5-8,10-12H,3-4,9H2,1-2H3,(H,21,25)/b19-12-. The molecule has 1 aromatic carbocycles. The largest absolute Gasteiger partial charge is 0.490 e. The van der Waals surface area contributed by atoms with Gasteiger partial charge in [0.1, 0.15) is 0 Å². The summed E-state index contributed by atoms with van der Waals surface area (Å²) in [6.45, 7) is 5.24. The predicted molar refractivity (Wildman–Crippen MR) is 107 cm³/mol. The summed E-state index contributed by atoms with van der Waals surface area (Å²) in [4.78, 5) is 0.993. The van der Waals surface area contributed by atoms with Gasteiger partial charge in [-0.2, -0.15) is 14.9 Å². The molecule has 0 fully saturated rings. The first-order chi connectivity index (χ1) is 12.7. The van der Waals surface area contributed by atoms with E-state index in [4.69, 9.17) is 21.7 Å². The highest BCUT2D eigenvalue weighted by Crippen LogP contribution is 2.28. The Morgan fingerprint density at radius 1 is 1.27 bits per heavy atom. The highest BCUT2D eigenvalue weighted by molar-refractivity contribution is 7.71. The third-order valence-electron chi connectivity index (χ3n) is 3.44. The monoisotopic (exact) mass is 388 g/mol. The zero-order valence-corrected chi connectivity index (χ0v) is 16.3. The SMILES string of the molecule is CCCOc1ccc(/C=N\n2c(-c3cccs3)n[nH]c2=S)cc1OCC. The van der Waals surface area contributed by atoms with Gasteiger partial charge in [-0.15, -0.1) is 11.3 Å². The highest BCUT2D eigenvalue weighted by Gasteiger charge is 2.09. The fourth-order valence-electron chi connectivity index (χ4n) is 2.29. The Hall–Kier alpha value is -2.45. The number of nitrogens with zero attached hydrogens (tertiary/aromatic N) is 3. The number of nitrogens with one attached hydrogen (secondary N) is 1. The van der Waals surface area contributed by atoms with Crippen LogP contribution >= 0.6 is 23.6 Å². The minimum atomic E-state index is 0.442. The molecule has 0 aliphatic carbocycles. The lowest BCUT2D eigenvalue weighted by Crippen LogP contribution is -2.01. The summed E-state index contributed by atoms with van der Waals surface area (Å²) >= 11 is 6.87. The van der Waals surface area contributed by atoms with Gasteiger partial charge in [0.05, 0.1) is 24.3 Å². The van der Waals surface area contributed by atoms with Crippen LogP contribution in [0.25, 0.3) is 10.7 Å². The van der Waals surface area contributed by atoms with Crippen molar-refractivity contribution in [1.82, 2.24) is 14.9 Å². The summed E-state index contributed by atoms with van der Waals surface area (Å²) in [5.41, 5.74) is 0.887. The van der Waals surface area contributed by atoms with E-state index in [1.165, 1.54) is 0 Å². The zero-order valence-electron chi connectivity index (χ0n) is 14.6. The molecule has 0 bridgehead atoms. The second kappa shape index (κ2) is 8.77. The van der Waals surface area contributed by atoms with Crippen molar-refractivity contribution in [3.8, 4) is 22.2 Å². The maximum Gasteiger partial charge on any atom is 0.216 e. The van der Waals surface area contributed by atoms with Gasteiger partial charge in [-0.3, -0.25) is 0 Å². The first-order valence-corrected chi connectivity index (χ1v) is 9.67. The summed E-state index contributed by atoms with van der Waals surface area (Å²) in [7, 11) is 0. The molecular formula is C18H20N4O2S2. The molecule has 3 aromatic rings. The van der Waals surface area contributed by atoms with Gasteiger partial charge in [0.2, 0.25) is 4.77 Å². The average Bonchev–Trinajstić information content (AvgIpc) is 3.29. The number of hydrogen-bond donors (Lipinski definition) is 1. The third kappa shape index (κ3) is 4.20. The first kappa shape index (κ1) is 18.3. The minimum Gasteiger partial charge on any atom is -0.490 e. The van der Waals surface area contributed by atoms with Crippen LogP contribution in [0.3, 0.4) is 0 Å². The Bertz CT molecular complexity index is 929. The number of benzene rings is 1. The molecule has 0 aliphatic rings. The van der Waals surface area contributed by atoms with E-state index < -0.39 is 0 Å². The molecule has 0 aliphatic heterocycles. The van der Waals surface area contributed by atoms with Crippen molar-refractivity contribution in [3.63, 3.8) is 0 Å². The molecule has 2 heterocycles. The minimum absolute atomic E-state index is 0.442. The van der Waals surface area contributed by atoms with Crippen LogP contribution in [0.1, 0.15) is 25.8 Å². The van der Waals surface area contributed by atoms with Crippen molar-refractivity contribution in [2.45, 2.75) is 20.3 Å². The van der Waals surface area contributed by atoms with Gasteiger partial charge < -0.3 is 9.47 Å². The molecule has 0 unspecified atom stereocenters. The van der Waals surface area contributed by atoms with Crippen LogP contribution in [0.4, 0.5) is 0 Å². The number of thiophene rings is 1. The van der Waals surface area contributed by atoms with Crippen molar-refractivity contribution < 1.29 is 9.47 Å². The summed E-state index contributed by atoms with van der Waals surface area (Å²) in [5, 5.41) is 13.5. The van der Waals surface area contributed by atoms with Gasteiger partial charge in [-0.1, -0.05) is 13.0 Å². The quantitative estimate of drug-likeness (QED) is 0.447. The first-order valence-electron chi connectivity index (χ1n) is 8.38. The molecule has 1 N–H and O–H groups in total. The topological polar surface area (TPSA) is 64.4 Å². The van der Waals surface area contributed by atoms with E-state index in [9.17, 15) is 0 Å². The van der Waals surface area contributed by atoms with E-state index in [-0.39, 0.29) is 0 Å². The number of aromatic nitrogens is 3. The summed E-state index contributed by atoms with van der Waals surface area (Å²) in [5.74, 6) is 2.14. The van der Waals surface area contributed by atoms with Crippen molar-refractivity contribution in [1.29, 1.82) is 0 Å². The average molecular weight is 389 g/mol. The summed E-state index contributed by atoms with van der Waals surface area (Å²) in [6, 6.07) is 9.69. The lowest BCUT2D eigenvalue weighted by atomic mass is 10.2. The van der Waals surface area contributed by atoms with Crippen molar-refractivity contribution in [3.05, 3.63) is 46.0 Å². The Morgan fingerprint density at radius 3 is 2.88 bits per heavy atom. The second-order valence-electron chi connectivity index (χ2n) is 5.37. The molecule has 0 amide bonds. The van der Waals surface area contributed by atoms with Crippen LogP contribution in [-0.2, 0) is 0 Å². The summed E-state index contributed by atoms with van der Waals surface area (Å²) < 4.78 is 13.5. The van der Waals surface area contributed by atoms with Crippen molar-refractivity contribution >= 4 is 29.8 Å². The molecule has 0 atom stereocenters. The van der Waals surface area contributed by atoms with E-state index in [1.807, 2.05) is 42.6 Å². The Labute approximate surface area is 161 Å². The van der Waals surface area contributed by atoms with Crippen LogP contribution in [0.5, 0.6) is 11.5 Å². The molecule has 26 heavy (non-hydrogen) atoms. The molecule has 0 spiro atoms. The van der Waals surface area contributed by atoms with Crippen LogP contribution < -0.4 is 9.47 Å². The van der Waals surface area contributed by atoms with Crippen molar-refractivity contribution in [2.24, 2.45) is 5.10 Å². The number of hydrogen-bond acceptors (Lipinski definition) is 6. The fourth-order valence-corrected chi connectivity index (χ4v) is 3.17. The molecule has 0 saturated carbocycles. The van der Waals surface area contributed by atoms with E-state index in [1.54, 1.807) is 22.2 Å². The molecular weight excluding hydrogens is 368 g/mol. The van der Waals surface area contributed by atoms with E-state index in [0.29, 0.717) is 29.6 Å². The van der Waals surface area contributed by atoms with E-state index in [0.717, 1.165) is 22.6 Å². The van der Waals surface area contributed by atoms with Crippen molar-refractivity contribution in [2.75, 3.05) is 13.2 Å². The van der Waals surface area contributed by atoms with Gasteiger partial charge in [0.25, 0.3) is 0 Å². The smallest absolute Gasteiger partial charge is 0.216 e. The van der Waals surface area contributed by atoms with Crippen LogP contribution in [0, 0.1) is 4.77 Å². The van der Waals surface area contributed by atoms with E-state index in [2.05, 4.69) is 22.2 Å². The predicted octanol–water partition coefficient (Wildman–Crippen LogP) is 4.74. The van der Waals surface area contributed by atoms with Crippen LogP contribution in [0.15, 0.2) is 40.8 Å². The van der Waals surface area contributed by atoms with Crippen LogP contribution in [0.2, 0.25) is 0 Å². The second-order valence-corrected chi connectivity index (χ2v) is 6.71. The molecule has 6 nitrogen and oxygen atoms in total.